The molecule has 3 amide bonds. The second-order valence-electron chi connectivity index (χ2n) is 9.83. The number of carbonyl (C=O) groups is 3. The maximum Gasteiger partial charge on any atom is 0.416 e. The van der Waals surface area contributed by atoms with Gasteiger partial charge in [-0.25, -0.2) is 4.79 Å². The molecule has 3 aromatic rings. The van der Waals surface area contributed by atoms with Crippen LogP contribution in [0.5, 0.6) is 0 Å². The Bertz CT molecular complexity index is 1470. The minimum atomic E-state index is -4.62. The molecule has 0 spiro atoms. The predicted octanol–water partition coefficient (Wildman–Crippen LogP) is 5.01. The topological polar surface area (TPSA) is 101 Å². The number of benzene rings is 2. The average molecular weight is 596 g/mol. The summed E-state index contributed by atoms with van der Waals surface area (Å²) in [5, 5.41) is 2.54. The number of nitrogens with two attached hydrogens (primary N) is 1. The molecule has 0 unspecified atom stereocenters. The van der Waals surface area contributed by atoms with Crippen LogP contribution in [0, 0.1) is 6.92 Å². The van der Waals surface area contributed by atoms with Gasteiger partial charge in [-0.3, -0.25) is 14.5 Å². The molecule has 224 valence electrons. The lowest BCUT2D eigenvalue weighted by molar-refractivity contribution is -0.138. The molecule has 1 aliphatic rings. The zero-order chi connectivity index (χ0) is 30.8. The highest BCUT2D eigenvalue weighted by atomic mass is 19.4. The van der Waals surface area contributed by atoms with E-state index in [9.17, 15) is 40.7 Å². The highest BCUT2D eigenvalue weighted by molar-refractivity contribution is 6.01. The van der Waals surface area contributed by atoms with Gasteiger partial charge in [-0.2, -0.15) is 26.3 Å². The van der Waals surface area contributed by atoms with E-state index in [1.807, 2.05) is 0 Å². The number of primary amides is 1. The van der Waals surface area contributed by atoms with Gasteiger partial charge < -0.3 is 20.5 Å². The zero-order valence-electron chi connectivity index (χ0n) is 22.4. The van der Waals surface area contributed by atoms with Gasteiger partial charge in [0.05, 0.1) is 28.9 Å². The number of amides is 3. The van der Waals surface area contributed by atoms with E-state index in [4.69, 9.17) is 5.73 Å². The first-order chi connectivity index (χ1) is 19.6. The van der Waals surface area contributed by atoms with Gasteiger partial charge in [0.15, 0.2) is 5.78 Å². The number of piperazine rings is 1. The number of hydrogen-bond donors (Lipinski definition) is 2. The van der Waals surface area contributed by atoms with E-state index in [2.05, 4.69) is 5.32 Å². The largest absolute Gasteiger partial charge is 0.416 e. The molecule has 0 aliphatic carbocycles. The highest BCUT2D eigenvalue weighted by Gasteiger charge is 2.34. The van der Waals surface area contributed by atoms with E-state index >= 15 is 0 Å². The van der Waals surface area contributed by atoms with Gasteiger partial charge in [-0.1, -0.05) is 18.2 Å². The van der Waals surface area contributed by atoms with E-state index in [0.717, 1.165) is 30.3 Å². The first kappa shape index (κ1) is 30.6. The number of halogens is 6. The summed E-state index contributed by atoms with van der Waals surface area (Å²) in [5.41, 5.74) is 4.17. The minimum Gasteiger partial charge on any atom is -0.366 e. The van der Waals surface area contributed by atoms with Crippen LogP contribution in [0.4, 0.5) is 36.8 Å². The number of alkyl halides is 6. The molecule has 0 atom stereocenters. The van der Waals surface area contributed by atoms with Gasteiger partial charge in [0.25, 0.3) is 5.91 Å². The van der Waals surface area contributed by atoms with Crippen LogP contribution in [0.3, 0.4) is 0 Å². The summed E-state index contributed by atoms with van der Waals surface area (Å²) in [4.78, 5) is 41.1. The van der Waals surface area contributed by atoms with Crippen LogP contribution in [0.25, 0.3) is 0 Å². The van der Waals surface area contributed by atoms with Crippen molar-refractivity contribution in [1.82, 2.24) is 14.4 Å². The lowest BCUT2D eigenvalue weighted by atomic mass is 10.1. The number of rotatable bonds is 7. The summed E-state index contributed by atoms with van der Waals surface area (Å²) >= 11 is 0. The molecular formula is C28H27F6N5O3. The van der Waals surface area contributed by atoms with Crippen molar-refractivity contribution in [1.29, 1.82) is 0 Å². The van der Waals surface area contributed by atoms with Crippen molar-refractivity contribution in [3.63, 3.8) is 0 Å². The maximum atomic E-state index is 13.6. The summed E-state index contributed by atoms with van der Waals surface area (Å²) in [7, 11) is 0. The van der Waals surface area contributed by atoms with Crippen LogP contribution in [-0.2, 0) is 18.9 Å². The zero-order valence-corrected chi connectivity index (χ0v) is 22.4. The smallest absolute Gasteiger partial charge is 0.366 e. The van der Waals surface area contributed by atoms with Crippen LogP contribution in [0.15, 0.2) is 54.6 Å². The van der Waals surface area contributed by atoms with Crippen molar-refractivity contribution in [2.24, 2.45) is 5.73 Å². The molecule has 14 heteroatoms. The summed E-state index contributed by atoms with van der Waals surface area (Å²) in [5.74, 6) is -1.27. The van der Waals surface area contributed by atoms with Crippen molar-refractivity contribution in [2.45, 2.75) is 25.8 Å². The molecule has 1 aromatic heterocycles. The standard InChI is InChI=1S/C28H27F6N5O3/c1-17-21(25(35)41)14-23(39(17)15-18-4-2-3-5-22(18)28(32,33)34)24(40)16-37-10-12-38(13-11-37)26(42)36-20-8-6-19(7-9-20)27(29,30)31/h2-9,14H,10-13,15-16H2,1H3,(H2,35,41)(H,36,42). The number of hydrogen-bond acceptors (Lipinski definition) is 4. The summed E-state index contributed by atoms with van der Waals surface area (Å²) in [6.07, 6.45) is -9.11. The lowest BCUT2D eigenvalue weighted by Gasteiger charge is -2.34. The Morgan fingerprint density at radius 3 is 2.07 bits per heavy atom. The lowest BCUT2D eigenvalue weighted by Crippen LogP contribution is -2.51. The predicted molar refractivity (Wildman–Crippen MR) is 141 cm³/mol. The van der Waals surface area contributed by atoms with Crippen molar-refractivity contribution in [3.8, 4) is 0 Å². The molecule has 0 saturated carbocycles. The number of ketones is 1. The van der Waals surface area contributed by atoms with E-state index in [1.165, 1.54) is 40.7 Å². The van der Waals surface area contributed by atoms with Crippen molar-refractivity contribution < 1.29 is 40.7 Å². The highest BCUT2D eigenvalue weighted by Crippen LogP contribution is 2.33. The fraction of sp³-hybridized carbons (Fsp3) is 0.321. The van der Waals surface area contributed by atoms with Crippen molar-refractivity contribution in [2.75, 3.05) is 38.0 Å². The Morgan fingerprint density at radius 2 is 1.50 bits per heavy atom. The van der Waals surface area contributed by atoms with Gasteiger partial charge in [0, 0.05) is 44.1 Å². The van der Waals surface area contributed by atoms with Gasteiger partial charge in [0.2, 0.25) is 0 Å². The molecule has 1 aliphatic heterocycles. The molecule has 8 nitrogen and oxygen atoms in total. The fourth-order valence-electron chi connectivity index (χ4n) is 4.77. The Kier molecular flexibility index (Phi) is 8.66. The second-order valence-corrected chi connectivity index (χ2v) is 9.83. The Hall–Kier alpha value is -4.33. The summed E-state index contributed by atoms with van der Waals surface area (Å²) in [6, 6.07) is 9.76. The van der Waals surface area contributed by atoms with Crippen LogP contribution < -0.4 is 11.1 Å². The minimum absolute atomic E-state index is 0.0209. The quantitative estimate of drug-likeness (QED) is 0.296. The molecule has 42 heavy (non-hydrogen) atoms. The SMILES string of the molecule is Cc1c(C(N)=O)cc(C(=O)CN2CCN(C(=O)Nc3ccc(C(F)(F)F)cc3)CC2)n1Cc1ccccc1C(F)(F)F. The van der Waals surface area contributed by atoms with Crippen molar-refractivity contribution in [3.05, 3.63) is 88.2 Å². The van der Waals surface area contributed by atoms with Crippen LogP contribution in [-0.4, -0.2) is 64.8 Å². The third kappa shape index (κ3) is 6.93. The number of nitrogens with zero attached hydrogens (tertiary/aromatic N) is 3. The Morgan fingerprint density at radius 1 is 0.881 bits per heavy atom. The molecular weight excluding hydrogens is 568 g/mol. The van der Waals surface area contributed by atoms with E-state index in [1.54, 1.807) is 4.90 Å². The molecule has 0 radical (unpaired) electrons. The van der Waals surface area contributed by atoms with Crippen molar-refractivity contribution >= 4 is 23.4 Å². The first-order valence-electron chi connectivity index (χ1n) is 12.8. The van der Waals surface area contributed by atoms with Crippen LogP contribution >= 0.6 is 0 Å². The number of carbonyl (C=O) groups excluding carboxylic acids is 3. The number of Topliss-reactive ketones (excluding diaryl/α,β-unsaturated/α-hetero) is 1. The molecule has 0 bridgehead atoms. The van der Waals surface area contributed by atoms with E-state index in [0.29, 0.717) is 0 Å². The molecule has 3 N–H and O–H groups in total. The molecule has 4 rings (SSSR count). The Balaban J connectivity index is 1.42. The molecule has 1 fully saturated rings. The number of aromatic nitrogens is 1. The monoisotopic (exact) mass is 595 g/mol. The van der Waals surface area contributed by atoms with Gasteiger partial charge in [0.1, 0.15) is 0 Å². The number of nitrogens with one attached hydrogen (secondary N) is 1. The second kappa shape index (κ2) is 11.9. The van der Waals surface area contributed by atoms with Gasteiger partial charge in [-0.05, 0) is 48.9 Å². The van der Waals surface area contributed by atoms with Gasteiger partial charge >= 0.3 is 18.4 Å². The third-order valence-electron chi connectivity index (χ3n) is 7.06. The Labute approximate surface area is 236 Å². The van der Waals surface area contributed by atoms with Crippen LogP contribution in [0.1, 0.15) is 43.2 Å². The average Bonchev–Trinajstić information content (AvgIpc) is 3.24. The maximum absolute atomic E-state index is 13.6. The number of urea groups is 1. The molecule has 2 aromatic carbocycles. The summed E-state index contributed by atoms with van der Waals surface area (Å²) in [6.45, 7) is 2.05. The molecule has 2 heterocycles. The number of anilines is 1. The van der Waals surface area contributed by atoms with Crippen LogP contribution in [0.2, 0.25) is 0 Å². The van der Waals surface area contributed by atoms with Gasteiger partial charge in [-0.15, -0.1) is 0 Å². The van der Waals surface area contributed by atoms with E-state index < -0.39 is 41.2 Å². The normalized spacial score (nSPS) is 14.6. The third-order valence-corrected chi connectivity index (χ3v) is 7.06. The first-order valence-corrected chi connectivity index (χ1v) is 12.8. The van der Waals surface area contributed by atoms with E-state index in [-0.39, 0.29) is 67.5 Å². The summed E-state index contributed by atoms with van der Waals surface area (Å²) < 4.78 is 80.4. The molecule has 1 saturated heterocycles. The fourth-order valence-corrected chi connectivity index (χ4v) is 4.77.